The molecule has 0 spiro atoms. The normalized spacial score (nSPS) is 32.6. The number of phenolic OH excluding ortho intramolecular Hbond substituents is 2. The summed E-state index contributed by atoms with van der Waals surface area (Å²) in [4.78, 5) is 25.9. The van der Waals surface area contributed by atoms with Crippen LogP contribution in [0, 0.1) is 0 Å². The minimum Gasteiger partial charge on any atom is -0.508 e. The summed E-state index contributed by atoms with van der Waals surface area (Å²) in [6.07, 6.45) is -24.9. The molecule has 23 nitrogen and oxygen atoms in total. The SMILES string of the molecule is COc1cc(C=CC(=O)OC[C@@H]2O[C@@H](Oc3cc4c(O[C@@H]5O[C@H](CO)[C@@H](O)[C@H](O)[C@H]5O)cc(=O)cc-4oc3-c3ccc(O)cc3)[C@@H](O[C@@H]3O[C@H](CO)[C@@H](O)[C@H](O)[C@H]3O)[C@@H](O)[C@@H]2O)ccc1O. The number of benzene rings is 3. The van der Waals surface area contributed by atoms with Crippen LogP contribution in [0.5, 0.6) is 28.7 Å². The van der Waals surface area contributed by atoms with Gasteiger partial charge in [0.2, 0.25) is 12.6 Å². The molecule has 7 rings (SSSR count). The molecule has 15 atom stereocenters. The van der Waals surface area contributed by atoms with E-state index in [1.54, 1.807) is 0 Å². The first-order valence-corrected chi connectivity index (χ1v) is 20.3. The number of aliphatic hydroxyl groups is 10. The number of hydrogen-bond donors (Lipinski definition) is 12. The largest absolute Gasteiger partial charge is 0.508 e. The second-order valence-corrected chi connectivity index (χ2v) is 15.5. The molecule has 0 bridgehead atoms. The molecule has 2 aromatic carbocycles. The van der Waals surface area contributed by atoms with Gasteiger partial charge < -0.3 is 104 Å². The average Bonchev–Trinajstić information content (AvgIpc) is 3.30. The number of phenols is 2. The van der Waals surface area contributed by atoms with Crippen molar-refractivity contribution in [2.75, 3.05) is 26.9 Å². The first-order chi connectivity index (χ1) is 31.5. The summed E-state index contributed by atoms with van der Waals surface area (Å²) in [6.45, 7) is -2.38. The van der Waals surface area contributed by atoms with Gasteiger partial charge >= 0.3 is 5.97 Å². The fourth-order valence-electron chi connectivity index (χ4n) is 7.37. The van der Waals surface area contributed by atoms with Crippen molar-refractivity contribution in [1.29, 1.82) is 0 Å². The van der Waals surface area contributed by atoms with E-state index in [1.807, 2.05) is 0 Å². The Kier molecular flexibility index (Phi) is 15.1. The van der Waals surface area contributed by atoms with Crippen LogP contribution in [0.2, 0.25) is 0 Å². The van der Waals surface area contributed by atoms with Gasteiger partial charge in [0, 0.05) is 23.8 Å². The molecule has 4 heterocycles. The van der Waals surface area contributed by atoms with Crippen molar-refractivity contribution in [2.24, 2.45) is 0 Å². The maximum atomic E-state index is 13.0. The summed E-state index contributed by atoms with van der Waals surface area (Å²) in [6, 6.07) is 12.9. The van der Waals surface area contributed by atoms with E-state index in [2.05, 4.69) is 0 Å². The molecule has 0 saturated carbocycles. The van der Waals surface area contributed by atoms with Crippen LogP contribution >= 0.6 is 0 Å². The van der Waals surface area contributed by atoms with Crippen molar-refractivity contribution < 1.29 is 108 Å². The summed E-state index contributed by atoms with van der Waals surface area (Å²) in [5, 5.41) is 126. The van der Waals surface area contributed by atoms with Gasteiger partial charge in [0.1, 0.15) is 91.0 Å². The molecule has 358 valence electrons. The molecule has 0 radical (unpaired) electrons. The van der Waals surface area contributed by atoms with Gasteiger partial charge in [-0.2, -0.15) is 0 Å². The first-order valence-electron chi connectivity index (χ1n) is 20.3. The molecule has 2 aromatic rings. The van der Waals surface area contributed by atoms with Crippen molar-refractivity contribution in [3.05, 3.63) is 82.5 Å². The topological polar surface area (TPSA) is 364 Å². The number of ether oxygens (including phenoxy) is 8. The van der Waals surface area contributed by atoms with Gasteiger partial charge in [-0.3, -0.25) is 4.79 Å². The summed E-state index contributed by atoms with van der Waals surface area (Å²) in [5.41, 5.74) is -0.128. The van der Waals surface area contributed by atoms with Crippen molar-refractivity contribution >= 4 is 12.0 Å². The predicted molar refractivity (Wildman–Crippen MR) is 218 cm³/mol. The van der Waals surface area contributed by atoms with E-state index in [4.69, 9.17) is 42.3 Å². The Morgan fingerprint density at radius 3 is 1.91 bits per heavy atom. The number of aliphatic hydroxyl groups excluding tert-OH is 10. The van der Waals surface area contributed by atoms with Crippen LogP contribution in [0.15, 0.2) is 76.0 Å². The quantitative estimate of drug-likeness (QED) is 0.0451. The number of rotatable bonds is 14. The lowest BCUT2D eigenvalue weighted by atomic mass is 9.97. The number of hydrogen-bond acceptors (Lipinski definition) is 23. The summed E-state index contributed by atoms with van der Waals surface area (Å²) in [5.74, 6) is -2.13. The molecule has 23 heteroatoms. The first kappa shape index (κ1) is 48.5. The monoisotopic (exact) mass is 932 g/mol. The van der Waals surface area contributed by atoms with Crippen molar-refractivity contribution in [3.63, 3.8) is 0 Å². The van der Waals surface area contributed by atoms with Crippen LogP contribution in [0.1, 0.15) is 5.56 Å². The van der Waals surface area contributed by atoms with Gasteiger partial charge in [0.05, 0.1) is 25.9 Å². The molecule has 1 aliphatic carbocycles. The number of esters is 1. The minimum absolute atomic E-state index is 0.0737. The van der Waals surface area contributed by atoms with E-state index in [-0.39, 0.29) is 51.4 Å². The predicted octanol–water partition coefficient (Wildman–Crippen LogP) is -2.72. The zero-order valence-corrected chi connectivity index (χ0v) is 34.6. The Balaban J connectivity index is 1.25. The maximum Gasteiger partial charge on any atom is 0.330 e. The highest BCUT2D eigenvalue weighted by Gasteiger charge is 2.52. The smallest absolute Gasteiger partial charge is 0.330 e. The van der Waals surface area contributed by atoms with E-state index in [0.717, 1.165) is 18.2 Å². The fraction of sp³-hybridized carbons (Fsp3) is 0.442. The standard InChI is InChI=1S/C43H48O23/c1-58-25-10-17(2-8-22(25)48)3-9-30(49)59-16-29-33(52)36(55)40(66-42-38(57)35(54)32(51)28(15-45)64-42)43(65-29)62-26-13-21-23(60-39(26)18-4-6-19(46)7-5-18)11-20(47)12-24(21)61-41-37(56)34(53)31(50)27(14-44)63-41/h2-13,27-29,31-38,40-46,48,50-57H,14-16H2,1H3/t27-,28-,29+,31-,32-,33-,34+,35+,36+,37-,38-,40+,41-,42+,43-/m1/s1. The third-order valence-electron chi connectivity index (χ3n) is 11.0. The van der Waals surface area contributed by atoms with E-state index in [1.165, 1.54) is 61.7 Å². The highest BCUT2D eigenvalue weighted by Crippen LogP contribution is 2.43. The van der Waals surface area contributed by atoms with Crippen LogP contribution in [0.3, 0.4) is 0 Å². The zero-order valence-electron chi connectivity index (χ0n) is 34.6. The lowest BCUT2D eigenvalue weighted by Crippen LogP contribution is -2.65. The van der Waals surface area contributed by atoms with Crippen LogP contribution in [0.4, 0.5) is 0 Å². The van der Waals surface area contributed by atoms with Crippen LogP contribution in [0.25, 0.3) is 28.7 Å². The molecule has 66 heavy (non-hydrogen) atoms. The number of carbonyl (C=O) groups is 1. The van der Waals surface area contributed by atoms with Gasteiger partial charge in [-0.25, -0.2) is 4.79 Å². The molecule has 5 aliphatic rings. The number of fused-ring (bicyclic) bond motifs is 1. The number of aromatic hydroxyl groups is 2. The fourth-order valence-corrected chi connectivity index (χ4v) is 7.37. The second-order valence-electron chi connectivity index (χ2n) is 15.5. The Bertz CT molecular complexity index is 2330. The maximum absolute atomic E-state index is 13.0. The minimum atomic E-state index is -2.05. The van der Waals surface area contributed by atoms with Crippen LogP contribution in [-0.2, 0) is 28.5 Å². The zero-order chi connectivity index (χ0) is 47.6. The Morgan fingerprint density at radius 1 is 0.652 bits per heavy atom. The lowest BCUT2D eigenvalue weighted by Gasteiger charge is -2.46. The van der Waals surface area contributed by atoms with Crippen molar-refractivity contribution in [1.82, 2.24) is 0 Å². The average molecular weight is 933 g/mol. The summed E-state index contributed by atoms with van der Waals surface area (Å²) >= 11 is 0. The van der Waals surface area contributed by atoms with Crippen LogP contribution < -0.4 is 19.6 Å². The molecular formula is C43H48O23. The molecule has 0 amide bonds. The summed E-state index contributed by atoms with van der Waals surface area (Å²) < 4.78 is 51.8. The molecule has 12 N–H and O–H groups in total. The third-order valence-corrected chi connectivity index (χ3v) is 11.0. The molecule has 0 aromatic heterocycles. The summed E-state index contributed by atoms with van der Waals surface area (Å²) in [7, 11) is 1.34. The molecule has 0 unspecified atom stereocenters. The highest BCUT2D eigenvalue weighted by atomic mass is 16.8. The van der Waals surface area contributed by atoms with E-state index in [0.29, 0.717) is 5.56 Å². The van der Waals surface area contributed by atoms with Gasteiger partial charge in [0.15, 0.2) is 40.8 Å². The Labute approximate surface area is 372 Å². The molecule has 4 aliphatic heterocycles. The molecular weight excluding hydrogens is 884 g/mol. The third kappa shape index (κ3) is 10.2. The van der Waals surface area contributed by atoms with Crippen molar-refractivity contribution in [2.45, 2.75) is 92.1 Å². The Morgan fingerprint density at radius 2 is 1.26 bits per heavy atom. The highest BCUT2D eigenvalue weighted by molar-refractivity contribution is 5.87. The Hall–Kier alpha value is -5.48. The lowest BCUT2D eigenvalue weighted by molar-refractivity contribution is -0.357. The van der Waals surface area contributed by atoms with Gasteiger partial charge in [0.25, 0.3) is 0 Å². The molecule has 3 fully saturated rings. The van der Waals surface area contributed by atoms with E-state index >= 15 is 0 Å². The van der Waals surface area contributed by atoms with Crippen LogP contribution in [-0.4, -0.2) is 186 Å². The van der Waals surface area contributed by atoms with E-state index in [9.17, 15) is 70.9 Å². The van der Waals surface area contributed by atoms with E-state index < -0.39 is 123 Å². The van der Waals surface area contributed by atoms with Gasteiger partial charge in [-0.1, -0.05) is 6.07 Å². The molecule has 3 saturated heterocycles. The van der Waals surface area contributed by atoms with Gasteiger partial charge in [-0.05, 0) is 54.1 Å². The van der Waals surface area contributed by atoms with Gasteiger partial charge in [-0.15, -0.1) is 0 Å². The second kappa shape index (κ2) is 20.6. The number of methoxy groups -OCH3 is 1. The number of carbonyl (C=O) groups excluding carboxylic acids is 1. The van der Waals surface area contributed by atoms with Crippen molar-refractivity contribution in [3.8, 4) is 51.4 Å².